The molecule has 0 amide bonds. The van der Waals surface area contributed by atoms with Crippen molar-refractivity contribution in [3.63, 3.8) is 0 Å². The van der Waals surface area contributed by atoms with Crippen LogP contribution < -0.4 is 11.1 Å². The summed E-state index contributed by atoms with van der Waals surface area (Å²) in [7, 11) is 0. The topological polar surface area (TPSA) is 118 Å². The number of rotatable bonds is 3. The Bertz CT molecular complexity index is 525. The summed E-state index contributed by atoms with van der Waals surface area (Å²) in [4.78, 5) is 14.1. The highest BCUT2D eigenvalue weighted by Gasteiger charge is 2.23. The first kappa shape index (κ1) is 13.2. The second-order valence-corrected chi connectivity index (χ2v) is 4.63. The van der Waals surface area contributed by atoms with Crippen LogP contribution in [0.1, 0.15) is 31.4 Å². The van der Waals surface area contributed by atoms with Gasteiger partial charge in [0.2, 0.25) is 5.69 Å². The number of nitriles is 1. The fourth-order valence-electron chi connectivity index (χ4n) is 2.29. The zero-order valence-corrected chi connectivity index (χ0v) is 10.4. The van der Waals surface area contributed by atoms with Gasteiger partial charge in [0.05, 0.1) is 4.92 Å². The van der Waals surface area contributed by atoms with E-state index in [1.54, 1.807) is 6.07 Å². The molecule has 0 aliphatic heterocycles. The monoisotopic (exact) mass is 261 g/mol. The third kappa shape index (κ3) is 2.98. The molecule has 0 radical (unpaired) electrons. The van der Waals surface area contributed by atoms with E-state index >= 15 is 0 Å². The first-order valence-corrected chi connectivity index (χ1v) is 6.19. The molecule has 7 nitrogen and oxygen atoms in total. The van der Waals surface area contributed by atoms with Crippen molar-refractivity contribution in [1.82, 2.24) is 4.98 Å². The summed E-state index contributed by atoms with van der Waals surface area (Å²) in [5, 5.41) is 22.7. The van der Waals surface area contributed by atoms with Crippen molar-refractivity contribution >= 4 is 11.5 Å². The van der Waals surface area contributed by atoms with Gasteiger partial charge in [-0.2, -0.15) is 5.26 Å². The van der Waals surface area contributed by atoms with E-state index < -0.39 is 4.92 Å². The SMILES string of the molecule is N#Cc1nc(N[C@@H]2CCCC[C@H]2N)ccc1[N+](=O)[O-]. The Morgan fingerprint density at radius 2 is 2.21 bits per heavy atom. The highest BCUT2D eigenvalue weighted by Crippen LogP contribution is 2.22. The fourth-order valence-corrected chi connectivity index (χ4v) is 2.29. The number of nitrogens with two attached hydrogens (primary N) is 1. The molecule has 1 fully saturated rings. The maximum absolute atomic E-state index is 10.7. The molecule has 1 aliphatic rings. The van der Waals surface area contributed by atoms with E-state index in [2.05, 4.69) is 10.3 Å². The number of hydrogen-bond acceptors (Lipinski definition) is 6. The molecule has 2 rings (SSSR count). The zero-order chi connectivity index (χ0) is 13.8. The second-order valence-electron chi connectivity index (χ2n) is 4.63. The Morgan fingerprint density at radius 3 is 2.84 bits per heavy atom. The zero-order valence-electron chi connectivity index (χ0n) is 10.4. The molecular formula is C12H15N5O2. The standard InChI is InChI=1S/C12H15N5O2/c13-7-10-11(17(18)19)5-6-12(16-10)15-9-4-2-1-3-8(9)14/h5-6,8-9H,1-4,14H2,(H,15,16)/t8-,9-/m1/s1. The Balaban J connectivity index is 2.17. The predicted molar refractivity (Wildman–Crippen MR) is 69.5 cm³/mol. The maximum Gasteiger partial charge on any atom is 0.305 e. The van der Waals surface area contributed by atoms with Crippen LogP contribution in [-0.4, -0.2) is 22.0 Å². The van der Waals surface area contributed by atoms with Crippen LogP contribution in [0.4, 0.5) is 11.5 Å². The number of nitrogens with one attached hydrogen (secondary N) is 1. The van der Waals surface area contributed by atoms with E-state index in [9.17, 15) is 10.1 Å². The van der Waals surface area contributed by atoms with Crippen molar-refractivity contribution < 1.29 is 4.92 Å². The Hall–Kier alpha value is -2.20. The highest BCUT2D eigenvalue weighted by atomic mass is 16.6. The molecule has 7 heteroatoms. The van der Waals surface area contributed by atoms with Crippen molar-refractivity contribution in [2.45, 2.75) is 37.8 Å². The molecule has 0 unspecified atom stereocenters. The van der Waals surface area contributed by atoms with E-state index in [0.717, 1.165) is 25.7 Å². The Kier molecular flexibility index (Phi) is 3.92. The number of nitrogens with zero attached hydrogens (tertiary/aromatic N) is 3. The predicted octanol–water partition coefficient (Wildman–Crippen LogP) is 1.54. The van der Waals surface area contributed by atoms with E-state index in [4.69, 9.17) is 11.0 Å². The number of aromatic nitrogens is 1. The second kappa shape index (κ2) is 5.63. The number of hydrogen-bond donors (Lipinski definition) is 2. The van der Waals surface area contributed by atoms with Gasteiger partial charge in [0.25, 0.3) is 0 Å². The molecule has 0 aromatic carbocycles. The molecular weight excluding hydrogens is 246 g/mol. The largest absolute Gasteiger partial charge is 0.366 e. The van der Waals surface area contributed by atoms with E-state index in [1.807, 2.05) is 0 Å². The molecule has 1 heterocycles. The van der Waals surface area contributed by atoms with Crippen molar-refractivity contribution in [3.8, 4) is 6.07 Å². The summed E-state index contributed by atoms with van der Waals surface area (Å²) in [6.07, 6.45) is 4.12. The van der Waals surface area contributed by atoms with Crippen LogP contribution in [0.2, 0.25) is 0 Å². The summed E-state index contributed by atoms with van der Waals surface area (Å²) in [6.45, 7) is 0. The van der Waals surface area contributed by atoms with Gasteiger partial charge in [-0.3, -0.25) is 10.1 Å². The third-order valence-electron chi connectivity index (χ3n) is 3.33. The molecule has 2 atom stereocenters. The lowest BCUT2D eigenvalue weighted by atomic mass is 9.91. The van der Waals surface area contributed by atoms with E-state index in [1.165, 1.54) is 12.1 Å². The van der Waals surface area contributed by atoms with Crippen LogP contribution in [0.5, 0.6) is 0 Å². The molecule has 1 aliphatic carbocycles. The van der Waals surface area contributed by atoms with Crippen molar-refractivity contribution in [3.05, 3.63) is 27.9 Å². The molecule has 0 spiro atoms. The van der Waals surface area contributed by atoms with E-state index in [0.29, 0.717) is 5.82 Å². The average molecular weight is 261 g/mol. The van der Waals surface area contributed by atoms with Crippen LogP contribution in [0.15, 0.2) is 12.1 Å². The lowest BCUT2D eigenvalue weighted by Crippen LogP contribution is -2.42. The van der Waals surface area contributed by atoms with Crippen molar-refractivity contribution in [2.75, 3.05) is 5.32 Å². The third-order valence-corrected chi connectivity index (χ3v) is 3.33. The fraction of sp³-hybridized carbons (Fsp3) is 0.500. The lowest BCUT2D eigenvalue weighted by Gasteiger charge is -2.29. The first-order chi connectivity index (χ1) is 9.11. The maximum atomic E-state index is 10.7. The molecule has 0 bridgehead atoms. The van der Waals surface area contributed by atoms with Gasteiger partial charge in [0.1, 0.15) is 11.9 Å². The minimum Gasteiger partial charge on any atom is -0.366 e. The Morgan fingerprint density at radius 1 is 1.47 bits per heavy atom. The normalized spacial score (nSPS) is 22.5. The smallest absolute Gasteiger partial charge is 0.305 e. The van der Waals surface area contributed by atoms with Gasteiger partial charge in [0.15, 0.2) is 0 Å². The Labute approximate surface area is 110 Å². The number of pyridine rings is 1. The van der Waals surface area contributed by atoms with Crippen molar-refractivity contribution in [1.29, 1.82) is 5.26 Å². The van der Waals surface area contributed by atoms with Gasteiger partial charge < -0.3 is 11.1 Å². The van der Waals surface area contributed by atoms with Gasteiger partial charge >= 0.3 is 5.69 Å². The van der Waals surface area contributed by atoms with Gasteiger partial charge in [-0.15, -0.1) is 0 Å². The summed E-state index contributed by atoms with van der Waals surface area (Å²) in [6, 6.07) is 4.71. The minimum atomic E-state index is -0.609. The minimum absolute atomic E-state index is 0.0521. The van der Waals surface area contributed by atoms with E-state index in [-0.39, 0.29) is 23.5 Å². The quantitative estimate of drug-likeness (QED) is 0.629. The van der Waals surface area contributed by atoms with Gasteiger partial charge in [0, 0.05) is 18.2 Å². The van der Waals surface area contributed by atoms with Crippen LogP contribution in [0.25, 0.3) is 0 Å². The molecule has 1 aromatic heterocycles. The van der Waals surface area contributed by atoms with Crippen LogP contribution in [0, 0.1) is 21.4 Å². The summed E-state index contributed by atoms with van der Waals surface area (Å²) in [5.41, 5.74) is 5.55. The molecule has 100 valence electrons. The number of anilines is 1. The lowest BCUT2D eigenvalue weighted by molar-refractivity contribution is -0.385. The van der Waals surface area contributed by atoms with Crippen LogP contribution in [-0.2, 0) is 0 Å². The summed E-state index contributed by atoms with van der Waals surface area (Å²) >= 11 is 0. The van der Waals surface area contributed by atoms with Gasteiger partial charge in [-0.05, 0) is 18.9 Å². The molecule has 1 saturated carbocycles. The van der Waals surface area contributed by atoms with Crippen LogP contribution >= 0.6 is 0 Å². The molecule has 19 heavy (non-hydrogen) atoms. The first-order valence-electron chi connectivity index (χ1n) is 6.19. The molecule has 0 saturated heterocycles. The van der Waals surface area contributed by atoms with Gasteiger partial charge in [-0.25, -0.2) is 4.98 Å². The van der Waals surface area contributed by atoms with Crippen LogP contribution in [0.3, 0.4) is 0 Å². The highest BCUT2D eigenvalue weighted by molar-refractivity contribution is 5.50. The molecule has 1 aromatic rings. The van der Waals surface area contributed by atoms with Crippen molar-refractivity contribution in [2.24, 2.45) is 5.73 Å². The number of nitro groups is 1. The van der Waals surface area contributed by atoms with Gasteiger partial charge in [-0.1, -0.05) is 12.8 Å². The molecule has 3 N–H and O–H groups in total. The average Bonchev–Trinajstić information content (AvgIpc) is 2.41. The summed E-state index contributed by atoms with van der Waals surface area (Å²) in [5.74, 6) is 0.463. The summed E-state index contributed by atoms with van der Waals surface area (Å²) < 4.78 is 0.